The minimum absolute atomic E-state index is 0.156. The number of fused-ring (bicyclic) bond motifs is 1. The Labute approximate surface area is 102 Å². The van der Waals surface area contributed by atoms with Gasteiger partial charge >= 0.3 is 0 Å². The van der Waals surface area contributed by atoms with Crippen molar-refractivity contribution in [3.8, 4) is 0 Å². The molecule has 0 amide bonds. The average Bonchev–Trinajstić information content (AvgIpc) is 2.70. The first kappa shape index (κ1) is 11.0. The third-order valence-electron chi connectivity index (χ3n) is 3.99. The zero-order valence-corrected chi connectivity index (χ0v) is 10.1. The summed E-state index contributed by atoms with van der Waals surface area (Å²) in [7, 11) is 0. The van der Waals surface area contributed by atoms with Gasteiger partial charge in [0.2, 0.25) is 0 Å². The normalized spacial score (nSPS) is 26.6. The van der Waals surface area contributed by atoms with Gasteiger partial charge in [0.05, 0.1) is 12.6 Å². The second kappa shape index (κ2) is 4.61. The van der Waals surface area contributed by atoms with Crippen molar-refractivity contribution in [1.82, 2.24) is 14.5 Å². The fourth-order valence-corrected chi connectivity index (χ4v) is 2.99. The molecule has 17 heavy (non-hydrogen) atoms. The van der Waals surface area contributed by atoms with Crippen LogP contribution in [-0.4, -0.2) is 32.8 Å². The second-order valence-electron chi connectivity index (χ2n) is 5.09. The highest BCUT2D eigenvalue weighted by Gasteiger charge is 2.29. The summed E-state index contributed by atoms with van der Waals surface area (Å²) >= 11 is 0. The molecule has 2 aliphatic rings. The van der Waals surface area contributed by atoms with Crippen LogP contribution in [0, 0.1) is 0 Å². The lowest BCUT2D eigenvalue weighted by molar-refractivity contribution is -0.124. The standard InChI is InChI=1S/C13H19N3O/c17-12-5-3-1-2-4-11(12)16-9-8-15-7-6-14-13(15)10-16/h6-7,11H,1-5,8-10H2. The van der Waals surface area contributed by atoms with Gasteiger partial charge in [0, 0.05) is 31.9 Å². The zero-order valence-electron chi connectivity index (χ0n) is 10.1. The minimum Gasteiger partial charge on any atom is -0.333 e. The number of ketones is 1. The summed E-state index contributed by atoms with van der Waals surface area (Å²) in [6, 6.07) is 0.156. The van der Waals surface area contributed by atoms with Crippen molar-refractivity contribution in [1.29, 1.82) is 0 Å². The first-order chi connectivity index (χ1) is 8.34. The summed E-state index contributed by atoms with van der Waals surface area (Å²) in [5.74, 6) is 1.55. The zero-order chi connectivity index (χ0) is 11.7. The molecule has 0 radical (unpaired) electrons. The van der Waals surface area contributed by atoms with Crippen LogP contribution in [0.4, 0.5) is 0 Å². The highest BCUT2D eigenvalue weighted by Crippen LogP contribution is 2.22. The fraction of sp³-hybridized carbons (Fsp3) is 0.692. The molecule has 4 heteroatoms. The summed E-state index contributed by atoms with van der Waals surface area (Å²) in [6.07, 6.45) is 9.19. The molecule has 4 nitrogen and oxygen atoms in total. The molecule has 0 aromatic carbocycles. The van der Waals surface area contributed by atoms with Crippen molar-refractivity contribution in [3.05, 3.63) is 18.2 Å². The molecule has 0 spiro atoms. The van der Waals surface area contributed by atoms with E-state index in [1.807, 2.05) is 12.4 Å². The quantitative estimate of drug-likeness (QED) is 0.691. The van der Waals surface area contributed by atoms with E-state index < -0.39 is 0 Å². The minimum atomic E-state index is 0.156. The fourth-order valence-electron chi connectivity index (χ4n) is 2.99. The monoisotopic (exact) mass is 233 g/mol. The summed E-state index contributed by atoms with van der Waals surface area (Å²) in [4.78, 5) is 18.8. The molecule has 1 saturated carbocycles. The number of hydrogen-bond donors (Lipinski definition) is 0. The first-order valence-electron chi connectivity index (χ1n) is 6.61. The van der Waals surface area contributed by atoms with Crippen molar-refractivity contribution >= 4 is 5.78 Å². The molecule has 3 rings (SSSR count). The lowest BCUT2D eigenvalue weighted by Crippen LogP contribution is -2.44. The van der Waals surface area contributed by atoms with Gasteiger partial charge in [-0.05, 0) is 12.8 Å². The molecule has 1 unspecified atom stereocenters. The average molecular weight is 233 g/mol. The van der Waals surface area contributed by atoms with Crippen molar-refractivity contribution in [2.75, 3.05) is 6.54 Å². The number of hydrogen-bond acceptors (Lipinski definition) is 3. The lowest BCUT2D eigenvalue weighted by Gasteiger charge is -2.33. The van der Waals surface area contributed by atoms with E-state index in [4.69, 9.17) is 0 Å². The molecule has 1 fully saturated rings. The SMILES string of the molecule is O=C1CCCCCC1N1CCn2ccnc2C1. The smallest absolute Gasteiger partial charge is 0.149 e. The molecule has 92 valence electrons. The van der Waals surface area contributed by atoms with Crippen molar-refractivity contribution < 1.29 is 4.79 Å². The lowest BCUT2D eigenvalue weighted by atomic mass is 10.1. The largest absolute Gasteiger partial charge is 0.333 e. The Morgan fingerprint density at radius 1 is 1.24 bits per heavy atom. The van der Waals surface area contributed by atoms with Crippen LogP contribution in [0.1, 0.15) is 37.9 Å². The summed E-state index contributed by atoms with van der Waals surface area (Å²) in [5, 5.41) is 0. The predicted octanol–water partition coefficient (Wildman–Crippen LogP) is 1.60. The molecular formula is C13H19N3O. The van der Waals surface area contributed by atoms with Crippen LogP contribution < -0.4 is 0 Å². The highest BCUT2D eigenvalue weighted by molar-refractivity contribution is 5.84. The van der Waals surface area contributed by atoms with Crippen LogP contribution in [0.25, 0.3) is 0 Å². The van der Waals surface area contributed by atoms with E-state index in [1.54, 1.807) is 0 Å². The van der Waals surface area contributed by atoms with Gasteiger partial charge in [0.15, 0.2) is 0 Å². The number of Topliss-reactive ketones (excluding diaryl/α,β-unsaturated/α-hetero) is 1. The molecule has 0 saturated heterocycles. The maximum Gasteiger partial charge on any atom is 0.149 e. The van der Waals surface area contributed by atoms with Gasteiger partial charge in [0.1, 0.15) is 11.6 Å². The van der Waals surface area contributed by atoms with Crippen LogP contribution in [0.2, 0.25) is 0 Å². The Hall–Kier alpha value is -1.16. The number of carbonyl (C=O) groups excluding carboxylic acids is 1. The van der Waals surface area contributed by atoms with E-state index in [0.717, 1.165) is 44.7 Å². The van der Waals surface area contributed by atoms with Crippen LogP contribution in [0.5, 0.6) is 0 Å². The molecule has 0 bridgehead atoms. The molecule has 1 atom stereocenters. The van der Waals surface area contributed by atoms with Gasteiger partial charge in [-0.15, -0.1) is 0 Å². The summed E-state index contributed by atoms with van der Waals surface area (Å²) in [6.45, 7) is 2.79. The molecule has 0 N–H and O–H groups in total. The summed E-state index contributed by atoms with van der Waals surface area (Å²) in [5.41, 5.74) is 0. The molecular weight excluding hydrogens is 214 g/mol. The Bertz CT molecular complexity index is 413. The first-order valence-corrected chi connectivity index (χ1v) is 6.61. The number of imidazole rings is 1. The van der Waals surface area contributed by atoms with Crippen LogP contribution in [-0.2, 0) is 17.9 Å². The molecule has 2 heterocycles. The van der Waals surface area contributed by atoms with Gasteiger partial charge in [-0.3, -0.25) is 9.69 Å². The Morgan fingerprint density at radius 2 is 2.18 bits per heavy atom. The van der Waals surface area contributed by atoms with Gasteiger partial charge in [-0.25, -0.2) is 4.98 Å². The second-order valence-corrected chi connectivity index (χ2v) is 5.09. The van der Waals surface area contributed by atoms with E-state index >= 15 is 0 Å². The molecule has 1 aromatic rings. The third kappa shape index (κ3) is 2.14. The number of nitrogens with zero attached hydrogens (tertiary/aromatic N) is 3. The number of aromatic nitrogens is 2. The Morgan fingerprint density at radius 3 is 3.12 bits per heavy atom. The number of rotatable bonds is 1. The van der Waals surface area contributed by atoms with Gasteiger partial charge in [-0.2, -0.15) is 0 Å². The van der Waals surface area contributed by atoms with Crippen LogP contribution in [0.15, 0.2) is 12.4 Å². The van der Waals surface area contributed by atoms with Gasteiger partial charge in [-0.1, -0.05) is 12.8 Å². The van der Waals surface area contributed by atoms with Gasteiger partial charge in [0.25, 0.3) is 0 Å². The van der Waals surface area contributed by atoms with Gasteiger partial charge < -0.3 is 4.57 Å². The molecule has 1 aliphatic heterocycles. The maximum absolute atomic E-state index is 12.1. The van der Waals surface area contributed by atoms with Crippen molar-refractivity contribution in [2.45, 2.75) is 51.2 Å². The summed E-state index contributed by atoms with van der Waals surface area (Å²) < 4.78 is 2.19. The predicted molar refractivity (Wildman–Crippen MR) is 64.5 cm³/mol. The Kier molecular flexibility index (Phi) is 2.97. The topological polar surface area (TPSA) is 38.1 Å². The third-order valence-corrected chi connectivity index (χ3v) is 3.99. The molecule has 1 aromatic heterocycles. The van der Waals surface area contributed by atoms with E-state index in [2.05, 4.69) is 14.5 Å². The van der Waals surface area contributed by atoms with E-state index in [0.29, 0.717) is 5.78 Å². The van der Waals surface area contributed by atoms with E-state index in [9.17, 15) is 4.79 Å². The van der Waals surface area contributed by atoms with Crippen LogP contribution >= 0.6 is 0 Å². The van der Waals surface area contributed by atoms with Crippen molar-refractivity contribution in [3.63, 3.8) is 0 Å². The van der Waals surface area contributed by atoms with Crippen molar-refractivity contribution in [2.24, 2.45) is 0 Å². The van der Waals surface area contributed by atoms with E-state index in [1.165, 1.54) is 12.8 Å². The molecule has 1 aliphatic carbocycles. The Balaban J connectivity index is 1.74. The van der Waals surface area contributed by atoms with Crippen LogP contribution in [0.3, 0.4) is 0 Å². The van der Waals surface area contributed by atoms with E-state index in [-0.39, 0.29) is 6.04 Å². The maximum atomic E-state index is 12.1. The number of carbonyl (C=O) groups is 1. The highest BCUT2D eigenvalue weighted by atomic mass is 16.1.